The van der Waals surface area contributed by atoms with Crippen LogP contribution < -0.4 is 10.6 Å². The van der Waals surface area contributed by atoms with Crippen LogP contribution in [0.1, 0.15) is 26.7 Å². The van der Waals surface area contributed by atoms with Crippen LogP contribution in [0.3, 0.4) is 0 Å². The predicted molar refractivity (Wildman–Crippen MR) is 74.5 cm³/mol. The molecule has 1 rings (SSSR count). The quantitative estimate of drug-likeness (QED) is 0.557. The highest BCUT2D eigenvalue weighted by Crippen LogP contribution is 2.18. The summed E-state index contributed by atoms with van der Waals surface area (Å²) in [5.74, 6) is 0. The molecule has 0 amide bonds. The zero-order chi connectivity index (χ0) is 12.5. The van der Waals surface area contributed by atoms with Crippen LogP contribution in [0.2, 0.25) is 0 Å². The van der Waals surface area contributed by atoms with E-state index >= 15 is 0 Å². The number of nitrogen functional groups attached to an aromatic ring is 1. The largest absolute Gasteiger partial charge is 0.399 e. The molecular formula is C14H24N2O. The van der Waals surface area contributed by atoms with E-state index in [4.69, 9.17) is 10.5 Å². The maximum absolute atomic E-state index is 5.82. The molecule has 0 aromatic heterocycles. The van der Waals surface area contributed by atoms with Gasteiger partial charge in [-0.25, -0.2) is 0 Å². The minimum atomic E-state index is 0.798. The van der Waals surface area contributed by atoms with E-state index in [1.54, 1.807) is 0 Å². The number of rotatable bonds is 8. The van der Waals surface area contributed by atoms with E-state index in [0.717, 1.165) is 44.8 Å². The summed E-state index contributed by atoms with van der Waals surface area (Å²) in [4.78, 5) is 2.37. The highest BCUT2D eigenvalue weighted by atomic mass is 16.5. The molecule has 0 atom stereocenters. The first kappa shape index (κ1) is 13.8. The summed E-state index contributed by atoms with van der Waals surface area (Å²) < 4.78 is 5.37. The smallest absolute Gasteiger partial charge is 0.0482 e. The summed E-state index contributed by atoms with van der Waals surface area (Å²) in [6.45, 7) is 7.95. The minimum Gasteiger partial charge on any atom is -0.399 e. The number of benzene rings is 1. The van der Waals surface area contributed by atoms with Gasteiger partial charge in [0.1, 0.15) is 0 Å². The molecule has 3 nitrogen and oxygen atoms in total. The molecule has 0 bridgehead atoms. The van der Waals surface area contributed by atoms with Crippen LogP contribution in [0.25, 0.3) is 0 Å². The summed E-state index contributed by atoms with van der Waals surface area (Å²) in [6.07, 6.45) is 2.20. The highest BCUT2D eigenvalue weighted by Gasteiger charge is 2.05. The Hall–Kier alpha value is -1.22. The van der Waals surface area contributed by atoms with Crippen molar-refractivity contribution in [1.29, 1.82) is 0 Å². The molecule has 0 saturated heterocycles. The van der Waals surface area contributed by atoms with Crippen LogP contribution in [-0.4, -0.2) is 26.3 Å². The van der Waals surface area contributed by atoms with Crippen molar-refractivity contribution < 1.29 is 4.74 Å². The normalized spacial score (nSPS) is 10.5. The monoisotopic (exact) mass is 236 g/mol. The molecule has 96 valence electrons. The van der Waals surface area contributed by atoms with E-state index in [2.05, 4.69) is 17.9 Å². The lowest BCUT2D eigenvalue weighted by Crippen LogP contribution is -2.26. The van der Waals surface area contributed by atoms with E-state index in [1.807, 2.05) is 25.1 Å². The van der Waals surface area contributed by atoms with Gasteiger partial charge in [0, 0.05) is 37.7 Å². The van der Waals surface area contributed by atoms with Crippen molar-refractivity contribution in [2.75, 3.05) is 36.9 Å². The molecule has 3 heteroatoms. The molecule has 0 aliphatic rings. The Balaban J connectivity index is 2.52. The fourth-order valence-electron chi connectivity index (χ4n) is 1.86. The molecule has 2 N–H and O–H groups in total. The van der Waals surface area contributed by atoms with Crippen LogP contribution in [0.5, 0.6) is 0 Å². The van der Waals surface area contributed by atoms with Crippen LogP contribution >= 0.6 is 0 Å². The molecule has 0 heterocycles. The van der Waals surface area contributed by atoms with Gasteiger partial charge in [-0.15, -0.1) is 0 Å². The first-order valence-electron chi connectivity index (χ1n) is 6.46. The molecule has 17 heavy (non-hydrogen) atoms. The van der Waals surface area contributed by atoms with Crippen molar-refractivity contribution in [3.8, 4) is 0 Å². The van der Waals surface area contributed by atoms with Crippen molar-refractivity contribution in [3.63, 3.8) is 0 Å². The first-order chi connectivity index (χ1) is 8.27. The van der Waals surface area contributed by atoms with Crippen molar-refractivity contribution in [3.05, 3.63) is 24.3 Å². The van der Waals surface area contributed by atoms with Crippen molar-refractivity contribution in [1.82, 2.24) is 0 Å². The van der Waals surface area contributed by atoms with Gasteiger partial charge in [-0.3, -0.25) is 0 Å². The van der Waals surface area contributed by atoms with E-state index in [9.17, 15) is 0 Å². The van der Waals surface area contributed by atoms with E-state index in [1.165, 1.54) is 5.69 Å². The fraction of sp³-hybridized carbons (Fsp3) is 0.571. The Labute approximate surface area is 105 Å². The van der Waals surface area contributed by atoms with Crippen LogP contribution in [0.4, 0.5) is 11.4 Å². The third-order valence-corrected chi connectivity index (χ3v) is 2.65. The summed E-state index contributed by atoms with van der Waals surface area (Å²) in [5.41, 5.74) is 7.86. The molecule has 0 radical (unpaired) electrons. The van der Waals surface area contributed by atoms with E-state index < -0.39 is 0 Å². The van der Waals surface area contributed by atoms with E-state index in [-0.39, 0.29) is 0 Å². The maximum atomic E-state index is 5.82. The third kappa shape index (κ3) is 5.09. The number of hydrogen-bond donors (Lipinski definition) is 1. The second kappa shape index (κ2) is 7.96. The van der Waals surface area contributed by atoms with Gasteiger partial charge >= 0.3 is 0 Å². The molecule has 0 saturated carbocycles. The summed E-state index contributed by atoms with van der Waals surface area (Å²) in [5, 5.41) is 0. The van der Waals surface area contributed by atoms with Gasteiger partial charge in [0.05, 0.1) is 0 Å². The van der Waals surface area contributed by atoms with Gasteiger partial charge in [-0.1, -0.05) is 13.0 Å². The van der Waals surface area contributed by atoms with Crippen molar-refractivity contribution in [2.45, 2.75) is 26.7 Å². The van der Waals surface area contributed by atoms with Crippen molar-refractivity contribution in [2.24, 2.45) is 0 Å². The minimum absolute atomic E-state index is 0.798. The standard InChI is InChI=1S/C14H24N2O/c1-3-9-16(10-6-11-17-4-2)14-8-5-7-13(15)12-14/h5,7-8,12H,3-4,6,9-11,15H2,1-2H3. The lowest BCUT2D eigenvalue weighted by atomic mass is 10.2. The van der Waals surface area contributed by atoms with Gasteiger partial charge in [-0.05, 0) is 38.0 Å². The predicted octanol–water partition coefficient (Wildman–Crippen LogP) is 2.91. The van der Waals surface area contributed by atoms with Crippen LogP contribution in [-0.2, 0) is 4.74 Å². The molecule has 0 aliphatic carbocycles. The first-order valence-corrected chi connectivity index (χ1v) is 6.46. The molecule has 1 aromatic carbocycles. The van der Waals surface area contributed by atoms with Crippen molar-refractivity contribution >= 4 is 11.4 Å². The highest BCUT2D eigenvalue weighted by molar-refractivity contribution is 5.55. The van der Waals surface area contributed by atoms with Crippen LogP contribution in [0, 0.1) is 0 Å². The lowest BCUT2D eigenvalue weighted by Gasteiger charge is -2.24. The second-order valence-corrected chi connectivity index (χ2v) is 4.13. The molecule has 0 spiro atoms. The van der Waals surface area contributed by atoms with Gasteiger partial charge in [0.25, 0.3) is 0 Å². The number of anilines is 2. The Morgan fingerprint density at radius 2 is 2.06 bits per heavy atom. The van der Waals surface area contributed by atoms with Gasteiger partial charge in [-0.2, -0.15) is 0 Å². The molecular weight excluding hydrogens is 212 g/mol. The Morgan fingerprint density at radius 1 is 1.24 bits per heavy atom. The average Bonchev–Trinajstić information content (AvgIpc) is 2.33. The molecule has 0 aliphatic heterocycles. The number of nitrogens with two attached hydrogens (primary N) is 1. The van der Waals surface area contributed by atoms with Gasteiger partial charge < -0.3 is 15.4 Å². The Kier molecular flexibility index (Phi) is 6.48. The number of nitrogens with zero attached hydrogens (tertiary/aromatic N) is 1. The summed E-state index contributed by atoms with van der Waals surface area (Å²) in [7, 11) is 0. The molecule has 1 aromatic rings. The SMILES string of the molecule is CCCN(CCCOCC)c1cccc(N)c1. The Morgan fingerprint density at radius 3 is 2.71 bits per heavy atom. The summed E-state index contributed by atoms with van der Waals surface area (Å²) in [6, 6.07) is 8.09. The number of hydrogen-bond acceptors (Lipinski definition) is 3. The summed E-state index contributed by atoms with van der Waals surface area (Å²) >= 11 is 0. The fourth-order valence-corrected chi connectivity index (χ4v) is 1.86. The topological polar surface area (TPSA) is 38.5 Å². The van der Waals surface area contributed by atoms with E-state index in [0.29, 0.717) is 0 Å². The number of ether oxygens (including phenoxy) is 1. The lowest BCUT2D eigenvalue weighted by molar-refractivity contribution is 0.146. The van der Waals surface area contributed by atoms with Gasteiger partial charge in [0.15, 0.2) is 0 Å². The Bertz CT molecular complexity index is 315. The zero-order valence-corrected chi connectivity index (χ0v) is 11.0. The van der Waals surface area contributed by atoms with Crippen LogP contribution in [0.15, 0.2) is 24.3 Å². The third-order valence-electron chi connectivity index (χ3n) is 2.65. The maximum Gasteiger partial charge on any atom is 0.0482 e. The molecule has 0 unspecified atom stereocenters. The average molecular weight is 236 g/mol. The van der Waals surface area contributed by atoms with Gasteiger partial charge in [0.2, 0.25) is 0 Å². The zero-order valence-electron chi connectivity index (χ0n) is 11.0. The second-order valence-electron chi connectivity index (χ2n) is 4.13. The molecule has 0 fully saturated rings.